The van der Waals surface area contributed by atoms with Crippen molar-refractivity contribution in [3.8, 4) is 0 Å². The third-order valence-corrected chi connectivity index (χ3v) is 4.36. The summed E-state index contributed by atoms with van der Waals surface area (Å²) in [6, 6.07) is 6.88. The standard InChI is InChI=1S/C11H15ClO2S/c1-11(2,3)9-4-6-10(7-5-9)15(13,14)8-12/h4-7H,8H2,1-3H3. The molecule has 0 unspecified atom stereocenters. The highest BCUT2D eigenvalue weighted by molar-refractivity contribution is 7.92. The van der Waals surface area contributed by atoms with Crippen molar-refractivity contribution in [2.45, 2.75) is 31.1 Å². The average Bonchev–Trinajstić information content (AvgIpc) is 2.17. The Hall–Kier alpha value is -0.540. The molecule has 0 spiro atoms. The molecule has 0 amide bonds. The first-order valence-corrected chi connectivity index (χ1v) is 6.85. The van der Waals surface area contributed by atoms with Crippen LogP contribution in [0.2, 0.25) is 0 Å². The summed E-state index contributed by atoms with van der Waals surface area (Å²) in [6.45, 7) is 6.24. The SMILES string of the molecule is CC(C)(C)c1ccc(S(=O)(=O)CCl)cc1. The van der Waals surface area contributed by atoms with E-state index in [0.29, 0.717) is 0 Å². The van der Waals surface area contributed by atoms with Gasteiger partial charge in [0.1, 0.15) is 5.21 Å². The van der Waals surface area contributed by atoms with Gasteiger partial charge in [0.25, 0.3) is 0 Å². The van der Waals surface area contributed by atoms with Crippen molar-refractivity contribution in [3.63, 3.8) is 0 Å². The van der Waals surface area contributed by atoms with E-state index in [1.54, 1.807) is 12.1 Å². The third-order valence-electron chi connectivity index (χ3n) is 2.22. The Morgan fingerprint density at radius 2 is 1.60 bits per heavy atom. The maximum Gasteiger partial charge on any atom is 0.192 e. The molecule has 4 heteroatoms. The molecular weight excluding hydrogens is 232 g/mol. The lowest BCUT2D eigenvalue weighted by molar-refractivity contribution is 0.587. The average molecular weight is 247 g/mol. The fourth-order valence-electron chi connectivity index (χ4n) is 1.23. The van der Waals surface area contributed by atoms with Gasteiger partial charge in [0.2, 0.25) is 0 Å². The summed E-state index contributed by atoms with van der Waals surface area (Å²) in [5, 5.41) is -0.373. The highest BCUT2D eigenvalue weighted by atomic mass is 35.5. The zero-order valence-electron chi connectivity index (χ0n) is 9.12. The minimum absolute atomic E-state index is 0.0310. The van der Waals surface area contributed by atoms with Gasteiger partial charge in [-0.25, -0.2) is 8.42 Å². The minimum Gasteiger partial charge on any atom is -0.222 e. The predicted octanol–water partition coefficient (Wildman–Crippen LogP) is 2.95. The van der Waals surface area contributed by atoms with Gasteiger partial charge in [-0.3, -0.25) is 0 Å². The molecule has 0 radical (unpaired) electrons. The molecule has 0 atom stereocenters. The molecule has 0 aliphatic rings. The second-order valence-electron chi connectivity index (χ2n) is 4.50. The highest BCUT2D eigenvalue weighted by Crippen LogP contribution is 2.23. The number of sulfone groups is 1. The van der Waals surface area contributed by atoms with E-state index in [-0.39, 0.29) is 15.5 Å². The van der Waals surface area contributed by atoms with Crippen molar-refractivity contribution in [2.24, 2.45) is 0 Å². The van der Waals surface area contributed by atoms with E-state index in [2.05, 4.69) is 20.8 Å². The second-order valence-corrected chi connectivity index (χ2v) is 7.07. The Bertz CT molecular complexity index is 427. The van der Waals surface area contributed by atoms with Gasteiger partial charge in [0, 0.05) is 0 Å². The molecule has 0 saturated heterocycles. The van der Waals surface area contributed by atoms with Crippen LogP contribution in [0.4, 0.5) is 0 Å². The lowest BCUT2D eigenvalue weighted by Gasteiger charge is -2.18. The van der Waals surface area contributed by atoms with E-state index in [4.69, 9.17) is 11.6 Å². The van der Waals surface area contributed by atoms with Gasteiger partial charge in [-0.05, 0) is 23.1 Å². The van der Waals surface area contributed by atoms with Gasteiger partial charge in [0.05, 0.1) is 4.90 Å². The Morgan fingerprint density at radius 1 is 1.13 bits per heavy atom. The summed E-state index contributed by atoms with van der Waals surface area (Å²) in [6.07, 6.45) is 0. The van der Waals surface area contributed by atoms with E-state index >= 15 is 0 Å². The molecule has 0 fully saturated rings. The molecular formula is C11H15ClO2S. The van der Waals surface area contributed by atoms with Crippen LogP contribution in [0.3, 0.4) is 0 Å². The number of rotatable bonds is 2. The third kappa shape index (κ3) is 2.95. The molecule has 2 nitrogen and oxygen atoms in total. The highest BCUT2D eigenvalue weighted by Gasteiger charge is 2.16. The van der Waals surface area contributed by atoms with Crippen molar-refractivity contribution < 1.29 is 8.42 Å². The van der Waals surface area contributed by atoms with Crippen molar-refractivity contribution in [1.29, 1.82) is 0 Å². The molecule has 0 N–H and O–H groups in total. The Labute approximate surface area is 96.2 Å². The summed E-state index contributed by atoms with van der Waals surface area (Å²) < 4.78 is 22.9. The number of alkyl halides is 1. The molecule has 1 aromatic carbocycles. The number of hydrogen-bond acceptors (Lipinski definition) is 2. The fourth-order valence-corrected chi connectivity index (χ4v) is 2.28. The molecule has 1 rings (SSSR count). The van der Waals surface area contributed by atoms with Crippen LogP contribution >= 0.6 is 11.6 Å². The molecule has 15 heavy (non-hydrogen) atoms. The largest absolute Gasteiger partial charge is 0.222 e. The van der Waals surface area contributed by atoms with E-state index in [0.717, 1.165) is 5.56 Å². The maximum absolute atomic E-state index is 11.4. The van der Waals surface area contributed by atoms with E-state index in [1.165, 1.54) is 0 Å². The topological polar surface area (TPSA) is 34.1 Å². The van der Waals surface area contributed by atoms with E-state index < -0.39 is 9.84 Å². The van der Waals surface area contributed by atoms with Gasteiger partial charge in [-0.15, -0.1) is 11.6 Å². The van der Waals surface area contributed by atoms with Crippen LogP contribution in [-0.4, -0.2) is 13.6 Å². The van der Waals surface area contributed by atoms with Crippen LogP contribution < -0.4 is 0 Å². The Kier molecular flexibility index (Phi) is 3.46. The van der Waals surface area contributed by atoms with Crippen molar-refractivity contribution in [3.05, 3.63) is 29.8 Å². The van der Waals surface area contributed by atoms with Crippen molar-refractivity contribution in [2.75, 3.05) is 5.21 Å². The summed E-state index contributed by atoms with van der Waals surface area (Å²) in [7, 11) is -3.30. The molecule has 0 saturated carbocycles. The van der Waals surface area contributed by atoms with Gasteiger partial charge < -0.3 is 0 Å². The zero-order valence-corrected chi connectivity index (χ0v) is 10.7. The van der Waals surface area contributed by atoms with Crippen LogP contribution in [0.1, 0.15) is 26.3 Å². The van der Waals surface area contributed by atoms with Crippen LogP contribution in [0.15, 0.2) is 29.2 Å². The molecule has 1 aromatic rings. The first kappa shape index (κ1) is 12.5. The van der Waals surface area contributed by atoms with Crippen molar-refractivity contribution >= 4 is 21.4 Å². The smallest absolute Gasteiger partial charge is 0.192 e. The van der Waals surface area contributed by atoms with Crippen LogP contribution in [0.25, 0.3) is 0 Å². The Balaban J connectivity index is 3.12. The molecule has 0 heterocycles. The first-order valence-electron chi connectivity index (χ1n) is 4.66. The van der Waals surface area contributed by atoms with Crippen molar-refractivity contribution in [1.82, 2.24) is 0 Å². The molecule has 84 valence electrons. The Morgan fingerprint density at radius 3 is 1.93 bits per heavy atom. The van der Waals surface area contributed by atoms with Gasteiger partial charge in [0.15, 0.2) is 9.84 Å². The first-order chi connectivity index (χ1) is 6.77. The molecule has 0 bridgehead atoms. The van der Waals surface area contributed by atoms with Gasteiger partial charge in [-0.2, -0.15) is 0 Å². The monoisotopic (exact) mass is 246 g/mol. The maximum atomic E-state index is 11.4. The minimum atomic E-state index is -3.30. The fraction of sp³-hybridized carbons (Fsp3) is 0.455. The molecule has 0 aromatic heterocycles. The normalized spacial score (nSPS) is 12.8. The summed E-state index contributed by atoms with van der Waals surface area (Å²) >= 11 is 5.37. The zero-order chi connectivity index (χ0) is 11.7. The predicted molar refractivity (Wildman–Crippen MR) is 63.0 cm³/mol. The second kappa shape index (κ2) is 4.14. The quantitative estimate of drug-likeness (QED) is 0.752. The van der Waals surface area contributed by atoms with Crippen LogP contribution in [-0.2, 0) is 15.3 Å². The number of benzene rings is 1. The van der Waals surface area contributed by atoms with E-state index in [9.17, 15) is 8.42 Å². The van der Waals surface area contributed by atoms with Crippen LogP contribution in [0, 0.1) is 0 Å². The molecule has 0 aliphatic heterocycles. The summed E-state index contributed by atoms with van der Waals surface area (Å²) in [5.41, 5.74) is 1.14. The number of halogens is 1. The lowest BCUT2D eigenvalue weighted by Crippen LogP contribution is -2.11. The van der Waals surface area contributed by atoms with Gasteiger partial charge in [-0.1, -0.05) is 32.9 Å². The lowest BCUT2D eigenvalue weighted by atomic mass is 9.87. The van der Waals surface area contributed by atoms with Crippen LogP contribution in [0.5, 0.6) is 0 Å². The van der Waals surface area contributed by atoms with Gasteiger partial charge >= 0.3 is 0 Å². The number of hydrogen-bond donors (Lipinski definition) is 0. The summed E-state index contributed by atoms with van der Waals surface area (Å²) in [4.78, 5) is 0.283. The molecule has 0 aliphatic carbocycles. The summed E-state index contributed by atoms with van der Waals surface area (Å²) in [5.74, 6) is 0. The van der Waals surface area contributed by atoms with E-state index in [1.807, 2.05) is 12.1 Å².